The van der Waals surface area contributed by atoms with Gasteiger partial charge in [0, 0.05) is 13.1 Å². The lowest BCUT2D eigenvalue weighted by molar-refractivity contribution is 0.322. The summed E-state index contributed by atoms with van der Waals surface area (Å²) in [6.45, 7) is 9.51. The molecule has 7 heteroatoms. The molecular formula is C17H26N6O. The molecule has 0 radical (unpaired) electrons. The summed E-state index contributed by atoms with van der Waals surface area (Å²) in [5.74, 6) is 2.47. The molecular weight excluding hydrogens is 304 g/mol. The third-order valence-corrected chi connectivity index (χ3v) is 3.44. The average molecular weight is 330 g/mol. The highest BCUT2D eigenvalue weighted by Gasteiger charge is 2.03. The zero-order chi connectivity index (χ0) is 17.2. The summed E-state index contributed by atoms with van der Waals surface area (Å²) >= 11 is 0. The number of hydrogen-bond donors (Lipinski definition) is 2. The molecule has 0 spiro atoms. The van der Waals surface area contributed by atoms with Gasteiger partial charge in [0.15, 0.2) is 11.8 Å². The van der Waals surface area contributed by atoms with Crippen LogP contribution in [-0.2, 0) is 13.1 Å². The molecule has 0 aliphatic rings. The van der Waals surface area contributed by atoms with Gasteiger partial charge in [-0.15, -0.1) is 10.2 Å². The number of nitrogens with zero attached hydrogens (tertiary/aromatic N) is 4. The van der Waals surface area contributed by atoms with Crippen LogP contribution in [0.1, 0.15) is 25.2 Å². The van der Waals surface area contributed by atoms with E-state index in [9.17, 15) is 0 Å². The molecule has 2 rings (SSSR count). The zero-order valence-electron chi connectivity index (χ0n) is 14.6. The van der Waals surface area contributed by atoms with E-state index in [1.54, 1.807) is 6.33 Å². The zero-order valence-corrected chi connectivity index (χ0v) is 14.6. The third-order valence-electron chi connectivity index (χ3n) is 3.44. The van der Waals surface area contributed by atoms with Crippen molar-refractivity contribution >= 4 is 5.96 Å². The van der Waals surface area contributed by atoms with E-state index < -0.39 is 0 Å². The van der Waals surface area contributed by atoms with Crippen LogP contribution in [-0.4, -0.2) is 40.4 Å². The maximum atomic E-state index is 5.70. The van der Waals surface area contributed by atoms with Crippen molar-refractivity contribution in [3.05, 3.63) is 42.0 Å². The van der Waals surface area contributed by atoms with Crippen LogP contribution >= 0.6 is 0 Å². The number of guanidine groups is 1. The van der Waals surface area contributed by atoms with E-state index in [1.165, 1.54) is 5.56 Å². The van der Waals surface area contributed by atoms with E-state index in [0.29, 0.717) is 19.7 Å². The van der Waals surface area contributed by atoms with Crippen molar-refractivity contribution in [2.45, 2.75) is 33.9 Å². The van der Waals surface area contributed by atoms with Crippen LogP contribution < -0.4 is 15.4 Å². The highest BCUT2D eigenvalue weighted by atomic mass is 16.5. The van der Waals surface area contributed by atoms with E-state index in [-0.39, 0.29) is 0 Å². The van der Waals surface area contributed by atoms with Crippen molar-refractivity contribution in [1.82, 2.24) is 25.4 Å². The lowest BCUT2D eigenvalue weighted by atomic mass is 10.2. The number of benzene rings is 1. The topological polar surface area (TPSA) is 76.4 Å². The van der Waals surface area contributed by atoms with Gasteiger partial charge in [0.25, 0.3) is 0 Å². The summed E-state index contributed by atoms with van der Waals surface area (Å²) in [6.07, 6.45) is 1.72. The van der Waals surface area contributed by atoms with Crippen LogP contribution in [0.15, 0.2) is 35.6 Å². The average Bonchev–Trinajstić information content (AvgIpc) is 3.05. The number of ether oxygens (including phenoxy) is 1. The number of rotatable bonds is 8. The van der Waals surface area contributed by atoms with Crippen molar-refractivity contribution < 1.29 is 4.74 Å². The molecule has 0 saturated carbocycles. The van der Waals surface area contributed by atoms with Gasteiger partial charge >= 0.3 is 0 Å². The van der Waals surface area contributed by atoms with E-state index >= 15 is 0 Å². The summed E-state index contributed by atoms with van der Waals surface area (Å²) in [6, 6.07) is 8.04. The Hall–Kier alpha value is -2.57. The minimum Gasteiger partial charge on any atom is -0.492 e. The Balaban J connectivity index is 1.80. The molecule has 0 amide bonds. The molecule has 0 atom stereocenters. The molecule has 0 bridgehead atoms. The second kappa shape index (κ2) is 9.54. The van der Waals surface area contributed by atoms with Crippen LogP contribution in [0, 0.1) is 6.92 Å². The Bertz CT molecular complexity index is 635. The van der Waals surface area contributed by atoms with Gasteiger partial charge in [-0.2, -0.15) is 0 Å². The summed E-state index contributed by atoms with van der Waals surface area (Å²) in [7, 11) is 0. The maximum absolute atomic E-state index is 5.70. The highest BCUT2D eigenvalue weighted by Crippen LogP contribution is 2.10. The molecule has 0 fully saturated rings. The molecule has 24 heavy (non-hydrogen) atoms. The Morgan fingerprint density at radius 2 is 2.00 bits per heavy atom. The quantitative estimate of drug-likeness (QED) is 0.438. The first kappa shape index (κ1) is 17.8. The van der Waals surface area contributed by atoms with E-state index in [0.717, 1.165) is 30.6 Å². The van der Waals surface area contributed by atoms with Gasteiger partial charge in [-0.1, -0.05) is 17.7 Å². The molecule has 1 aromatic heterocycles. The maximum Gasteiger partial charge on any atom is 0.191 e. The molecule has 0 aliphatic carbocycles. The van der Waals surface area contributed by atoms with Crippen molar-refractivity contribution in [3.63, 3.8) is 0 Å². The highest BCUT2D eigenvalue weighted by molar-refractivity contribution is 5.79. The third kappa shape index (κ3) is 5.57. The fraction of sp³-hybridized carbons (Fsp3) is 0.471. The van der Waals surface area contributed by atoms with Gasteiger partial charge < -0.3 is 19.9 Å². The first-order valence-corrected chi connectivity index (χ1v) is 8.31. The van der Waals surface area contributed by atoms with Gasteiger partial charge in [-0.25, -0.2) is 4.99 Å². The van der Waals surface area contributed by atoms with Crippen LogP contribution in [0.2, 0.25) is 0 Å². The monoisotopic (exact) mass is 330 g/mol. The fourth-order valence-electron chi connectivity index (χ4n) is 2.13. The second-order valence-corrected chi connectivity index (χ2v) is 5.32. The summed E-state index contributed by atoms with van der Waals surface area (Å²) < 4.78 is 7.68. The van der Waals surface area contributed by atoms with E-state index in [2.05, 4.69) is 39.7 Å². The number of nitrogens with one attached hydrogen (secondary N) is 2. The molecule has 7 nitrogen and oxygen atoms in total. The van der Waals surface area contributed by atoms with Gasteiger partial charge in [0.2, 0.25) is 0 Å². The van der Waals surface area contributed by atoms with Gasteiger partial charge in [-0.05, 0) is 32.9 Å². The molecule has 1 aromatic carbocycles. The van der Waals surface area contributed by atoms with Crippen molar-refractivity contribution in [2.75, 3.05) is 19.7 Å². The Morgan fingerprint density at radius 3 is 2.71 bits per heavy atom. The lowest BCUT2D eigenvalue weighted by Gasteiger charge is -2.12. The lowest BCUT2D eigenvalue weighted by Crippen LogP contribution is -2.39. The van der Waals surface area contributed by atoms with Gasteiger partial charge in [-0.3, -0.25) is 0 Å². The minimum atomic E-state index is 0.488. The van der Waals surface area contributed by atoms with Gasteiger partial charge in [0.05, 0.1) is 6.54 Å². The SMILES string of the molecule is CCNC(=NCc1nncn1CC)NCCOc1ccc(C)cc1. The smallest absolute Gasteiger partial charge is 0.191 e. The van der Waals surface area contributed by atoms with Crippen LogP contribution in [0.25, 0.3) is 0 Å². The largest absolute Gasteiger partial charge is 0.492 e. The number of aromatic nitrogens is 3. The molecule has 2 aromatic rings. The molecule has 0 unspecified atom stereocenters. The van der Waals surface area contributed by atoms with Crippen LogP contribution in [0.4, 0.5) is 0 Å². The minimum absolute atomic E-state index is 0.488. The standard InChI is InChI=1S/C17H26N6O/c1-4-18-17(20-12-16-22-21-13-23(16)5-2)19-10-11-24-15-8-6-14(3)7-9-15/h6-9,13H,4-5,10-12H2,1-3H3,(H2,18,19,20). The number of hydrogen-bond acceptors (Lipinski definition) is 4. The molecule has 0 aliphatic heterocycles. The summed E-state index contributed by atoms with van der Waals surface area (Å²) in [4.78, 5) is 4.54. The van der Waals surface area contributed by atoms with Gasteiger partial charge in [0.1, 0.15) is 25.2 Å². The fourth-order valence-corrected chi connectivity index (χ4v) is 2.13. The second-order valence-electron chi connectivity index (χ2n) is 5.32. The molecule has 0 saturated heterocycles. The summed E-state index contributed by atoms with van der Waals surface area (Å²) in [5, 5.41) is 14.5. The van der Waals surface area contributed by atoms with Crippen LogP contribution in [0.3, 0.4) is 0 Å². The molecule has 130 valence electrons. The van der Waals surface area contributed by atoms with E-state index in [1.807, 2.05) is 35.8 Å². The van der Waals surface area contributed by atoms with Crippen LogP contribution in [0.5, 0.6) is 5.75 Å². The first-order valence-electron chi connectivity index (χ1n) is 8.31. The normalized spacial score (nSPS) is 11.4. The Kier molecular flexibility index (Phi) is 7.07. The van der Waals surface area contributed by atoms with Crippen molar-refractivity contribution in [2.24, 2.45) is 4.99 Å². The van der Waals surface area contributed by atoms with E-state index in [4.69, 9.17) is 4.74 Å². The Labute approximate surface area is 143 Å². The predicted octanol–water partition coefficient (Wildman–Crippen LogP) is 1.74. The summed E-state index contributed by atoms with van der Waals surface area (Å²) in [5.41, 5.74) is 1.22. The predicted molar refractivity (Wildman–Crippen MR) is 95.2 cm³/mol. The number of aliphatic imine (C=N–C) groups is 1. The van der Waals surface area contributed by atoms with Crippen molar-refractivity contribution in [1.29, 1.82) is 0 Å². The number of aryl methyl sites for hydroxylation is 2. The molecule has 1 heterocycles. The Morgan fingerprint density at radius 1 is 1.21 bits per heavy atom. The first-order chi connectivity index (χ1) is 11.7. The molecule has 2 N–H and O–H groups in total. The van der Waals surface area contributed by atoms with Crippen molar-refractivity contribution in [3.8, 4) is 5.75 Å².